The Bertz CT molecular complexity index is 199. The average Bonchev–Trinajstić information content (AvgIpc) is 2.19. The largest absolute Gasteiger partial charge is 0.377 e. The van der Waals surface area contributed by atoms with Gasteiger partial charge in [-0.25, -0.2) is 0 Å². The standard InChI is InChI=1S/C10H17ClN2O/c1-13(7-9(11)6-12)8-10-4-2-3-5-14-10/h9-10H,2-5,7-8H2,1H3. The topological polar surface area (TPSA) is 36.3 Å². The van der Waals surface area contributed by atoms with Gasteiger partial charge in [-0.05, 0) is 26.3 Å². The van der Waals surface area contributed by atoms with Crippen LogP contribution in [0.5, 0.6) is 0 Å². The molecule has 3 nitrogen and oxygen atoms in total. The maximum Gasteiger partial charge on any atom is 0.133 e. The van der Waals surface area contributed by atoms with Crippen molar-refractivity contribution in [3.63, 3.8) is 0 Å². The number of nitrogens with zero attached hydrogens (tertiary/aromatic N) is 2. The van der Waals surface area contributed by atoms with Gasteiger partial charge < -0.3 is 9.64 Å². The molecule has 80 valence electrons. The molecule has 1 heterocycles. The van der Waals surface area contributed by atoms with E-state index < -0.39 is 5.38 Å². The summed E-state index contributed by atoms with van der Waals surface area (Å²) in [5.74, 6) is 0. The zero-order chi connectivity index (χ0) is 10.4. The molecule has 1 aliphatic heterocycles. The molecular formula is C10H17ClN2O. The van der Waals surface area contributed by atoms with Crippen molar-refractivity contribution >= 4 is 11.6 Å². The number of ether oxygens (including phenoxy) is 1. The first-order valence-corrected chi connectivity index (χ1v) is 5.50. The van der Waals surface area contributed by atoms with Gasteiger partial charge in [0.15, 0.2) is 0 Å². The van der Waals surface area contributed by atoms with E-state index in [1.54, 1.807) is 0 Å². The molecule has 0 aromatic rings. The number of halogens is 1. The second kappa shape index (κ2) is 6.23. The van der Waals surface area contributed by atoms with Crippen LogP contribution in [0.1, 0.15) is 19.3 Å². The Morgan fingerprint density at radius 2 is 2.43 bits per heavy atom. The van der Waals surface area contributed by atoms with E-state index >= 15 is 0 Å². The van der Waals surface area contributed by atoms with Crippen LogP contribution >= 0.6 is 11.6 Å². The first-order valence-electron chi connectivity index (χ1n) is 5.06. The third kappa shape index (κ3) is 4.28. The highest BCUT2D eigenvalue weighted by Gasteiger charge is 2.17. The molecule has 2 atom stereocenters. The van der Waals surface area contributed by atoms with E-state index in [4.69, 9.17) is 21.6 Å². The van der Waals surface area contributed by atoms with Gasteiger partial charge >= 0.3 is 0 Å². The second-order valence-corrected chi connectivity index (χ2v) is 4.33. The third-order valence-electron chi connectivity index (χ3n) is 2.40. The Balaban J connectivity index is 2.18. The fraction of sp³-hybridized carbons (Fsp3) is 0.900. The highest BCUT2D eigenvalue weighted by molar-refractivity contribution is 6.22. The van der Waals surface area contributed by atoms with Gasteiger partial charge in [-0.1, -0.05) is 0 Å². The Hall–Kier alpha value is -0.300. The van der Waals surface area contributed by atoms with Crippen molar-refractivity contribution in [2.45, 2.75) is 30.7 Å². The van der Waals surface area contributed by atoms with Crippen molar-refractivity contribution in [1.29, 1.82) is 5.26 Å². The zero-order valence-electron chi connectivity index (χ0n) is 8.58. The Morgan fingerprint density at radius 3 is 3.00 bits per heavy atom. The van der Waals surface area contributed by atoms with E-state index in [1.807, 2.05) is 13.1 Å². The maximum atomic E-state index is 8.55. The van der Waals surface area contributed by atoms with Crippen LogP contribution in [0.2, 0.25) is 0 Å². The number of nitriles is 1. The minimum absolute atomic E-state index is 0.330. The lowest BCUT2D eigenvalue weighted by Crippen LogP contribution is -2.36. The van der Waals surface area contributed by atoms with Crippen molar-refractivity contribution in [3.05, 3.63) is 0 Å². The molecule has 2 unspecified atom stereocenters. The molecular weight excluding hydrogens is 200 g/mol. The number of hydrogen-bond donors (Lipinski definition) is 0. The molecule has 14 heavy (non-hydrogen) atoms. The third-order valence-corrected chi connectivity index (χ3v) is 2.64. The summed E-state index contributed by atoms with van der Waals surface area (Å²) >= 11 is 5.73. The fourth-order valence-electron chi connectivity index (χ4n) is 1.69. The van der Waals surface area contributed by atoms with Crippen LogP contribution in [0, 0.1) is 11.3 Å². The van der Waals surface area contributed by atoms with Crippen LogP contribution in [0.25, 0.3) is 0 Å². The van der Waals surface area contributed by atoms with E-state index in [0.29, 0.717) is 12.6 Å². The molecule has 0 radical (unpaired) electrons. The van der Waals surface area contributed by atoms with Gasteiger partial charge in [-0.2, -0.15) is 5.26 Å². The van der Waals surface area contributed by atoms with Crippen molar-refractivity contribution < 1.29 is 4.74 Å². The lowest BCUT2D eigenvalue weighted by Gasteiger charge is -2.27. The summed E-state index contributed by atoms with van der Waals surface area (Å²) in [5, 5.41) is 8.14. The van der Waals surface area contributed by atoms with E-state index in [-0.39, 0.29) is 0 Å². The van der Waals surface area contributed by atoms with E-state index in [2.05, 4.69) is 4.90 Å². The number of alkyl halides is 1. The molecule has 0 N–H and O–H groups in total. The molecule has 1 saturated heterocycles. The molecule has 0 spiro atoms. The number of rotatable bonds is 4. The van der Waals surface area contributed by atoms with Crippen molar-refractivity contribution in [3.8, 4) is 6.07 Å². The summed E-state index contributed by atoms with van der Waals surface area (Å²) in [5.41, 5.74) is 0. The van der Waals surface area contributed by atoms with Gasteiger partial charge in [0.25, 0.3) is 0 Å². The molecule has 0 aromatic carbocycles. The van der Waals surface area contributed by atoms with Crippen LogP contribution in [0.15, 0.2) is 0 Å². The first kappa shape index (κ1) is 11.8. The molecule has 1 aliphatic rings. The highest BCUT2D eigenvalue weighted by Crippen LogP contribution is 2.13. The average molecular weight is 217 g/mol. The van der Waals surface area contributed by atoms with Gasteiger partial charge in [0.1, 0.15) is 5.38 Å². The summed E-state index contributed by atoms with van der Waals surface area (Å²) in [7, 11) is 1.98. The fourth-order valence-corrected chi connectivity index (χ4v) is 1.92. The molecule has 1 rings (SSSR count). The van der Waals surface area contributed by atoms with Crippen LogP contribution in [-0.4, -0.2) is 43.1 Å². The maximum absolute atomic E-state index is 8.55. The van der Waals surface area contributed by atoms with Crippen molar-refractivity contribution in [2.24, 2.45) is 0 Å². The summed E-state index contributed by atoms with van der Waals surface area (Å²) in [6.45, 7) is 2.36. The summed E-state index contributed by atoms with van der Waals surface area (Å²) < 4.78 is 5.60. The highest BCUT2D eigenvalue weighted by atomic mass is 35.5. The van der Waals surface area contributed by atoms with Gasteiger partial charge in [0.2, 0.25) is 0 Å². The van der Waals surface area contributed by atoms with E-state index in [9.17, 15) is 0 Å². The molecule has 0 bridgehead atoms. The van der Waals surface area contributed by atoms with Gasteiger partial charge in [0, 0.05) is 19.7 Å². The van der Waals surface area contributed by atoms with E-state index in [1.165, 1.54) is 12.8 Å². The lowest BCUT2D eigenvalue weighted by molar-refractivity contribution is -0.000997. The lowest BCUT2D eigenvalue weighted by atomic mass is 10.1. The van der Waals surface area contributed by atoms with Crippen LogP contribution in [0.4, 0.5) is 0 Å². The van der Waals surface area contributed by atoms with Gasteiger partial charge in [-0.15, -0.1) is 11.6 Å². The van der Waals surface area contributed by atoms with Crippen LogP contribution in [0.3, 0.4) is 0 Å². The smallest absolute Gasteiger partial charge is 0.133 e. The quantitative estimate of drug-likeness (QED) is 0.670. The van der Waals surface area contributed by atoms with E-state index in [0.717, 1.165) is 19.6 Å². The Kier molecular flexibility index (Phi) is 5.24. The normalized spacial score (nSPS) is 24.6. The number of hydrogen-bond acceptors (Lipinski definition) is 3. The van der Waals surface area contributed by atoms with Gasteiger partial charge in [0.05, 0.1) is 12.2 Å². The predicted molar refractivity (Wildman–Crippen MR) is 56.3 cm³/mol. The minimum atomic E-state index is -0.413. The SMILES string of the molecule is CN(CC(Cl)C#N)CC1CCCCO1. The molecule has 0 aromatic heterocycles. The summed E-state index contributed by atoms with van der Waals surface area (Å²) in [4.78, 5) is 2.07. The number of likely N-dealkylation sites (N-methyl/N-ethyl adjacent to an activating group) is 1. The summed E-state index contributed by atoms with van der Waals surface area (Å²) in [6.07, 6.45) is 3.89. The molecule has 1 fully saturated rings. The minimum Gasteiger partial charge on any atom is -0.377 e. The Labute approximate surface area is 90.6 Å². The Morgan fingerprint density at radius 1 is 1.64 bits per heavy atom. The van der Waals surface area contributed by atoms with Gasteiger partial charge in [-0.3, -0.25) is 0 Å². The van der Waals surface area contributed by atoms with Crippen LogP contribution in [-0.2, 0) is 4.74 Å². The summed E-state index contributed by atoms with van der Waals surface area (Å²) in [6, 6.07) is 2.02. The molecule has 0 aliphatic carbocycles. The zero-order valence-corrected chi connectivity index (χ0v) is 9.33. The monoisotopic (exact) mass is 216 g/mol. The molecule has 0 amide bonds. The first-order chi connectivity index (χ1) is 6.72. The van der Waals surface area contributed by atoms with Crippen molar-refractivity contribution in [2.75, 3.05) is 26.7 Å². The molecule has 4 heteroatoms. The van der Waals surface area contributed by atoms with Crippen LogP contribution < -0.4 is 0 Å². The predicted octanol–water partition coefficient (Wildman–Crippen LogP) is 1.62. The second-order valence-electron chi connectivity index (χ2n) is 3.81. The van der Waals surface area contributed by atoms with Crippen molar-refractivity contribution in [1.82, 2.24) is 4.90 Å². The molecule has 0 saturated carbocycles.